The Hall–Kier alpha value is -2.50. The number of nitrogens with one attached hydrogen (secondary N) is 1. The second-order valence-electron chi connectivity index (χ2n) is 7.52. The van der Waals surface area contributed by atoms with Gasteiger partial charge >= 0.3 is 5.97 Å². The van der Waals surface area contributed by atoms with E-state index in [1.54, 1.807) is 25.1 Å². The van der Waals surface area contributed by atoms with Crippen LogP contribution in [0.3, 0.4) is 0 Å². The van der Waals surface area contributed by atoms with Gasteiger partial charge in [-0.1, -0.05) is 19.8 Å². The first kappa shape index (κ1) is 19.3. The molecule has 1 N–H and O–H groups in total. The third-order valence-corrected chi connectivity index (χ3v) is 5.40. The maximum atomic E-state index is 12.5. The highest BCUT2D eigenvalue weighted by atomic mass is 16.5. The van der Waals surface area contributed by atoms with Crippen LogP contribution in [-0.4, -0.2) is 34.0 Å². The topological polar surface area (TPSA) is 81.2 Å². The molecule has 1 aliphatic rings. The molecule has 144 valence electrons. The second-order valence-corrected chi connectivity index (χ2v) is 7.52. The molecule has 0 bridgehead atoms. The zero-order chi connectivity index (χ0) is 19.6. The average molecular weight is 369 g/mol. The number of aromatic nitrogens is 2. The van der Waals surface area contributed by atoms with Crippen LogP contribution >= 0.6 is 0 Å². The third kappa shape index (κ3) is 4.43. The summed E-state index contributed by atoms with van der Waals surface area (Å²) in [4.78, 5) is 33.8. The van der Waals surface area contributed by atoms with Crippen LogP contribution < -0.4 is 5.32 Å². The van der Waals surface area contributed by atoms with Crippen LogP contribution in [0.4, 0.5) is 0 Å². The van der Waals surface area contributed by atoms with Crippen LogP contribution in [0, 0.1) is 19.8 Å². The van der Waals surface area contributed by atoms with Gasteiger partial charge in [0.25, 0.3) is 5.91 Å². The number of fused-ring (bicyclic) bond motifs is 1. The summed E-state index contributed by atoms with van der Waals surface area (Å²) in [6.45, 7) is 7.54. The van der Waals surface area contributed by atoms with Crippen LogP contribution in [0.2, 0.25) is 0 Å². The minimum Gasteiger partial charge on any atom is -0.449 e. The van der Waals surface area contributed by atoms with Gasteiger partial charge in [0, 0.05) is 6.04 Å². The number of hydrogen-bond acceptors (Lipinski definition) is 5. The predicted molar refractivity (Wildman–Crippen MR) is 103 cm³/mol. The van der Waals surface area contributed by atoms with E-state index in [2.05, 4.69) is 22.2 Å². The van der Waals surface area contributed by atoms with Crippen LogP contribution in [0.1, 0.15) is 61.3 Å². The zero-order valence-corrected chi connectivity index (χ0v) is 16.4. The Kier molecular flexibility index (Phi) is 5.73. The fraction of sp³-hybridized carbons (Fsp3) is 0.524. The summed E-state index contributed by atoms with van der Waals surface area (Å²) in [5, 5.41) is 3.03. The highest BCUT2D eigenvalue weighted by Gasteiger charge is 2.26. The fourth-order valence-electron chi connectivity index (χ4n) is 3.47. The summed E-state index contributed by atoms with van der Waals surface area (Å²) in [7, 11) is 0. The summed E-state index contributed by atoms with van der Waals surface area (Å²) in [5.41, 5.74) is 3.42. The zero-order valence-electron chi connectivity index (χ0n) is 16.4. The van der Waals surface area contributed by atoms with E-state index in [-0.39, 0.29) is 11.9 Å². The molecule has 6 nitrogen and oxygen atoms in total. The second kappa shape index (κ2) is 8.03. The Morgan fingerprint density at radius 1 is 1.11 bits per heavy atom. The number of benzene rings is 1. The highest BCUT2D eigenvalue weighted by Crippen LogP contribution is 2.24. The smallest absolute Gasteiger partial charge is 0.338 e. The average Bonchev–Trinajstić information content (AvgIpc) is 2.64. The van der Waals surface area contributed by atoms with Crippen molar-refractivity contribution in [1.82, 2.24) is 15.3 Å². The van der Waals surface area contributed by atoms with Gasteiger partial charge in [-0.05, 0) is 57.7 Å². The van der Waals surface area contributed by atoms with Crippen LogP contribution in [0.25, 0.3) is 11.0 Å². The molecule has 0 unspecified atom stereocenters. The Morgan fingerprint density at radius 3 is 2.48 bits per heavy atom. The van der Waals surface area contributed by atoms with Gasteiger partial charge in [0.05, 0.1) is 28.0 Å². The van der Waals surface area contributed by atoms with Crippen molar-refractivity contribution in [2.24, 2.45) is 5.92 Å². The third-order valence-electron chi connectivity index (χ3n) is 5.40. The van der Waals surface area contributed by atoms with Gasteiger partial charge in [0.1, 0.15) is 0 Å². The van der Waals surface area contributed by atoms with Crippen molar-refractivity contribution in [1.29, 1.82) is 0 Å². The Balaban J connectivity index is 1.66. The van der Waals surface area contributed by atoms with Gasteiger partial charge in [-0.3, -0.25) is 4.79 Å². The number of aryl methyl sites for hydroxylation is 2. The van der Waals surface area contributed by atoms with E-state index in [1.807, 2.05) is 13.8 Å². The van der Waals surface area contributed by atoms with Gasteiger partial charge in [-0.25, -0.2) is 14.8 Å². The van der Waals surface area contributed by atoms with E-state index in [4.69, 9.17) is 4.74 Å². The van der Waals surface area contributed by atoms with Crippen LogP contribution in [-0.2, 0) is 9.53 Å². The van der Waals surface area contributed by atoms with Crippen molar-refractivity contribution in [3.8, 4) is 0 Å². The number of rotatable bonds is 4. The first-order chi connectivity index (χ1) is 12.8. The molecule has 1 heterocycles. The van der Waals surface area contributed by atoms with Crippen LogP contribution in [0.5, 0.6) is 0 Å². The van der Waals surface area contributed by atoms with E-state index in [1.165, 1.54) is 6.42 Å². The monoisotopic (exact) mass is 369 g/mol. The molecule has 0 spiro atoms. The number of nitrogens with zero attached hydrogens (tertiary/aromatic N) is 2. The number of carbonyl (C=O) groups is 2. The Bertz CT molecular complexity index is 865. The minimum atomic E-state index is -0.840. The quantitative estimate of drug-likeness (QED) is 0.835. The van der Waals surface area contributed by atoms with Crippen molar-refractivity contribution in [2.45, 2.75) is 65.5 Å². The molecule has 1 saturated carbocycles. The molecular formula is C21H27N3O3. The summed E-state index contributed by atoms with van der Waals surface area (Å²) in [5.74, 6) is -0.318. The molecule has 1 amide bonds. The molecule has 1 fully saturated rings. The molecule has 1 aromatic heterocycles. The maximum Gasteiger partial charge on any atom is 0.338 e. The largest absolute Gasteiger partial charge is 0.449 e. The summed E-state index contributed by atoms with van der Waals surface area (Å²) >= 11 is 0. The number of hydrogen-bond donors (Lipinski definition) is 1. The molecular weight excluding hydrogens is 342 g/mol. The lowest BCUT2D eigenvalue weighted by Crippen LogP contribution is -2.45. The van der Waals surface area contributed by atoms with Crippen LogP contribution in [0.15, 0.2) is 18.2 Å². The molecule has 0 saturated heterocycles. The van der Waals surface area contributed by atoms with Gasteiger partial charge < -0.3 is 10.1 Å². The lowest BCUT2D eigenvalue weighted by molar-refractivity contribution is -0.130. The number of carbonyl (C=O) groups excluding carboxylic acids is 2. The van der Waals surface area contributed by atoms with Gasteiger partial charge in [0.15, 0.2) is 6.10 Å². The SMILES string of the molecule is Cc1nc2ccc(C(=O)O[C@@H](C)C(=O)N[C@H]3CCCC[C@@H]3C)cc2nc1C. The molecule has 1 aromatic carbocycles. The summed E-state index contributed by atoms with van der Waals surface area (Å²) in [6, 6.07) is 5.22. The summed E-state index contributed by atoms with van der Waals surface area (Å²) in [6.07, 6.45) is 3.60. The Morgan fingerprint density at radius 2 is 1.78 bits per heavy atom. The minimum absolute atomic E-state index is 0.162. The molecule has 27 heavy (non-hydrogen) atoms. The molecule has 3 rings (SSSR count). The first-order valence-corrected chi connectivity index (χ1v) is 9.61. The van der Waals surface area contributed by atoms with Crippen molar-refractivity contribution >= 4 is 22.9 Å². The molecule has 0 radical (unpaired) electrons. The van der Waals surface area contributed by atoms with E-state index >= 15 is 0 Å². The van der Waals surface area contributed by atoms with Crippen molar-refractivity contribution in [3.63, 3.8) is 0 Å². The highest BCUT2D eigenvalue weighted by molar-refractivity contribution is 5.95. The molecule has 2 aromatic rings. The number of amides is 1. The molecule has 0 aliphatic heterocycles. The van der Waals surface area contributed by atoms with Crippen molar-refractivity contribution < 1.29 is 14.3 Å². The lowest BCUT2D eigenvalue weighted by atomic mass is 9.86. The molecule has 1 aliphatic carbocycles. The first-order valence-electron chi connectivity index (χ1n) is 9.61. The fourth-order valence-corrected chi connectivity index (χ4v) is 3.47. The lowest BCUT2D eigenvalue weighted by Gasteiger charge is -2.30. The standard InChI is InChI=1S/C21H27N3O3/c1-12-7-5-6-8-17(12)24-20(25)15(4)27-21(26)16-9-10-18-19(11-16)23-14(3)13(2)22-18/h9-12,15,17H,5-8H2,1-4H3,(H,24,25)/t12-,15-,17-/m0/s1. The molecule has 6 heteroatoms. The number of ether oxygens (including phenoxy) is 1. The number of esters is 1. The molecule has 3 atom stereocenters. The van der Waals surface area contributed by atoms with Crippen molar-refractivity contribution in [3.05, 3.63) is 35.2 Å². The van der Waals surface area contributed by atoms with E-state index < -0.39 is 12.1 Å². The van der Waals surface area contributed by atoms with E-state index in [0.717, 1.165) is 36.2 Å². The normalized spacial score (nSPS) is 20.9. The van der Waals surface area contributed by atoms with Crippen molar-refractivity contribution in [2.75, 3.05) is 0 Å². The van der Waals surface area contributed by atoms with Gasteiger partial charge in [-0.15, -0.1) is 0 Å². The van der Waals surface area contributed by atoms with Gasteiger partial charge in [0.2, 0.25) is 0 Å². The van der Waals surface area contributed by atoms with E-state index in [9.17, 15) is 9.59 Å². The van der Waals surface area contributed by atoms with Gasteiger partial charge in [-0.2, -0.15) is 0 Å². The summed E-state index contributed by atoms with van der Waals surface area (Å²) < 4.78 is 5.38. The predicted octanol–water partition coefficient (Wildman–Crippen LogP) is 3.49. The Labute approximate surface area is 159 Å². The van der Waals surface area contributed by atoms with E-state index in [0.29, 0.717) is 17.0 Å². The maximum absolute atomic E-state index is 12.5.